The maximum atomic E-state index is 13.8. The van der Waals surface area contributed by atoms with Gasteiger partial charge in [0.1, 0.15) is 11.2 Å². The highest BCUT2D eigenvalue weighted by molar-refractivity contribution is 6.30. The predicted octanol–water partition coefficient (Wildman–Crippen LogP) is 5.48. The van der Waals surface area contributed by atoms with Crippen molar-refractivity contribution in [1.29, 1.82) is 0 Å². The fourth-order valence-corrected chi connectivity index (χ4v) is 5.01. The lowest BCUT2D eigenvalue weighted by Gasteiger charge is -2.43. The average molecular weight is 471 g/mol. The molecule has 2 aliphatic rings. The Bertz CT molecular complexity index is 1020. The lowest BCUT2D eigenvalue weighted by atomic mass is 9.90. The number of benzene rings is 1. The lowest BCUT2D eigenvalue weighted by molar-refractivity contribution is -0.127. The number of nitrogens with zero attached hydrogens (tertiary/aromatic N) is 3. The summed E-state index contributed by atoms with van der Waals surface area (Å²) in [4.78, 5) is 29.3. The number of hydrogen-bond donors (Lipinski definition) is 1. The monoisotopic (exact) mass is 470 g/mol. The summed E-state index contributed by atoms with van der Waals surface area (Å²) in [7, 11) is 0. The highest BCUT2D eigenvalue weighted by Crippen LogP contribution is 2.35. The molecule has 1 aromatic carbocycles. The zero-order chi connectivity index (χ0) is 23.8. The van der Waals surface area contributed by atoms with Gasteiger partial charge in [0.05, 0.1) is 12.2 Å². The number of carbonyl (C=O) groups is 2. The van der Waals surface area contributed by atoms with E-state index in [1.807, 2.05) is 13.0 Å². The summed E-state index contributed by atoms with van der Waals surface area (Å²) in [5.74, 6) is -0.350. The van der Waals surface area contributed by atoms with Crippen LogP contribution >= 0.6 is 11.6 Å². The summed E-state index contributed by atoms with van der Waals surface area (Å²) < 4.78 is 1.72. The van der Waals surface area contributed by atoms with Crippen molar-refractivity contribution in [3.05, 3.63) is 46.7 Å². The molecule has 4 rings (SSSR count). The van der Waals surface area contributed by atoms with Gasteiger partial charge in [-0.25, -0.2) is 0 Å². The Morgan fingerprint density at radius 2 is 1.70 bits per heavy atom. The number of nitrogens with one attached hydrogen (secondary N) is 1. The van der Waals surface area contributed by atoms with Crippen LogP contribution in [-0.2, 0) is 16.8 Å². The fraction of sp³-hybridized carbons (Fsp3) is 0.577. The first kappa shape index (κ1) is 23.8. The number of aromatic nitrogens is 2. The largest absolute Gasteiger partial charge is 0.351 e. The number of hydrogen-bond acceptors (Lipinski definition) is 3. The van der Waals surface area contributed by atoms with E-state index < -0.39 is 5.54 Å². The molecule has 7 heteroatoms. The summed E-state index contributed by atoms with van der Waals surface area (Å²) in [5.41, 5.74) is 0.691. The third-order valence-electron chi connectivity index (χ3n) is 6.94. The molecule has 33 heavy (non-hydrogen) atoms. The van der Waals surface area contributed by atoms with Crippen molar-refractivity contribution in [3.8, 4) is 0 Å². The predicted molar refractivity (Wildman–Crippen MR) is 132 cm³/mol. The van der Waals surface area contributed by atoms with Gasteiger partial charge in [0.25, 0.3) is 5.91 Å². The summed E-state index contributed by atoms with van der Waals surface area (Å²) in [6, 6.07) is 9.11. The molecule has 1 atom stereocenters. The third kappa shape index (κ3) is 4.81. The number of fused-ring (bicyclic) bond motifs is 1. The molecule has 0 bridgehead atoms. The van der Waals surface area contributed by atoms with Crippen LogP contribution in [0.2, 0.25) is 5.02 Å². The normalized spacial score (nSPS) is 22.5. The molecule has 0 spiro atoms. The highest BCUT2D eigenvalue weighted by Gasteiger charge is 2.49. The Morgan fingerprint density at radius 1 is 1.09 bits per heavy atom. The molecule has 1 saturated carbocycles. The van der Waals surface area contributed by atoms with E-state index in [2.05, 4.69) is 26.1 Å². The van der Waals surface area contributed by atoms with Crippen molar-refractivity contribution in [2.24, 2.45) is 0 Å². The molecular weight excluding hydrogens is 436 g/mol. The second-order valence-corrected chi connectivity index (χ2v) is 11.2. The van der Waals surface area contributed by atoms with Crippen LogP contribution in [0.3, 0.4) is 0 Å². The van der Waals surface area contributed by atoms with E-state index in [1.165, 1.54) is 19.3 Å². The first-order chi connectivity index (χ1) is 15.6. The summed E-state index contributed by atoms with van der Waals surface area (Å²) in [6.07, 6.45) is 7.92. The zero-order valence-corrected chi connectivity index (χ0v) is 20.9. The standard InChI is InChI=1S/C26H35ClN4O2/c1-25(2,3)22-16-21-23(32)31(20-14-12-18(27)13-15-20)26(4,17-30(21)29-22)24(33)28-19-10-8-6-5-7-9-11-19/h12-16,19H,5-11,17H2,1-4H3,(H,28,33). The van der Waals surface area contributed by atoms with E-state index in [-0.39, 0.29) is 23.3 Å². The van der Waals surface area contributed by atoms with Gasteiger partial charge in [-0.15, -0.1) is 0 Å². The van der Waals surface area contributed by atoms with Crippen LogP contribution in [0.15, 0.2) is 30.3 Å². The minimum absolute atomic E-state index is 0.130. The quantitative estimate of drug-likeness (QED) is 0.645. The third-order valence-corrected chi connectivity index (χ3v) is 7.19. The molecule has 1 aliphatic heterocycles. The molecule has 2 amide bonds. The molecule has 2 heterocycles. The Hall–Kier alpha value is -2.34. The fourth-order valence-electron chi connectivity index (χ4n) is 4.88. The van der Waals surface area contributed by atoms with Gasteiger partial charge in [-0.2, -0.15) is 5.10 Å². The van der Waals surface area contributed by atoms with Gasteiger partial charge in [-0.1, -0.05) is 64.5 Å². The van der Waals surface area contributed by atoms with E-state index in [0.717, 1.165) is 31.4 Å². The first-order valence-electron chi connectivity index (χ1n) is 12.1. The molecule has 178 valence electrons. The number of amides is 2. The van der Waals surface area contributed by atoms with Gasteiger partial charge >= 0.3 is 0 Å². The zero-order valence-electron chi connectivity index (χ0n) is 20.2. The summed E-state index contributed by atoms with van der Waals surface area (Å²) in [6.45, 7) is 8.36. The molecule has 0 saturated heterocycles. The summed E-state index contributed by atoms with van der Waals surface area (Å²) >= 11 is 6.12. The van der Waals surface area contributed by atoms with Gasteiger partial charge in [-0.3, -0.25) is 19.2 Å². The molecule has 0 radical (unpaired) electrons. The van der Waals surface area contributed by atoms with Crippen LogP contribution in [0.1, 0.15) is 88.8 Å². The number of halogens is 1. The van der Waals surface area contributed by atoms with Gasteiger partial charge in [-0.05, 0) is 50.1 Å². The molecule has 1 unspecified atom stereocenters. The van der Waals surface area contributed by atoms with Crippen molar-refractivity contribution in [2.75, 3.05) is 4.90 Å². The Labute approximate surface area is 201 Å². The van der Waals surface area contributed by atoms with Crippen LogP contribution < -0.4 is 10.2 Å². The maximum absolute atomic E-state index is 13.8. The molecule has 1 N–H and O–H groups in total. The highest BCUT2D eigenvalue weighted by atomic mass is 35.5. The van der Waals surface area contributed by atoms with Gasteiger partial charge in [0.2, 0.25) is 5.91 Å². The van der Waals surface area contributed by atoms with Gasteiger partial charge in [0.15, 0.2) is 0 Å². The molecular formula is C26H35ClN4O2. The van der Waals surface area contributed by atoms with Crippen LogP contribution in [-0.4, -0.2) is 33.2 Å². The van der Waals surface area contributed by atoms with Crippen molar-refractivity contribution in [2.45, 2.75) is 96.2 Å². The van der Waals surface area contributed by atoms with E-state index in [1.54, 1.807) is 33.8 Å². The van der Waals surface area contributed by atoms with E-state index in [9.17, 15) is 9.59 Å². The van der Waals surface area contributed by atoms with Crippen LogP contribution in [0.25, 0.3) is 0 Å². The molecule has 1 aromatic heterocycles. The minimum Gasteiger partial charge on any atom is -0.351 e. The van der Waals surface area contributed by atoms with Crippen LogP contribution in [0.4, 0.5) is 5.69 Å². The van der Waals surface area contributed by atoms with Crippen molar-refractivity contribution in [1.82, 2.24) is 15.1 Å². The Balaban J connectivity index is 1.72. The lowest BCUT2D eigenvalue weighted by Crippen LogP contribution is -2.65. The van der Waals surface area contributed by atoms with Crippen molar-refractivity contribution in [3.63, 3.8) is 0 Å². The molecule has 6 nitrogen and oxygen atoms in total. The van der Waals surface area contributed by atoms with Gasteiger partial charge < -0.3 is 5.32 Å². The second kappa shape index (κ2) is 9.13. The van der Waals surface area contributed by atoms with Crippen molar-refractivity contribution >= 4 is 29.1 Å². The average Bonchev–Trinajstić information content (AvgIpc) is 3.16. The van der Waals surface area contributed by atoms with Crippen LogP contribution in [0.5, 0.6) is 0 Å². The van der Waals surface area contributed by atoms with Crippen molar-refractivity contribution < 1.29 is 9.59 Å². The SMILES string of the molecule is CC(C)(C)c1cc2n(n1)CC(C)(C(=O)NC1CCCCCCC1)N(c1ccc(Cl)cc1)C2=O. The minimum atomic E-state index is -1.11. The van der Waals surface area contributed by atoms with E-state index in [0.29, 0.717) is 22.9 Å². The second-order valence-electron chi connectivity index (χ2n) is 10.7. The van der Waals surface area contributed by atoms with E-state index in [4.69, 9.17) is 16.7 Å². The molecule has 1 fully saturated rings. The first-order valence-corrected chi connectivity index (χ1v) is 12.5. The Kier molecular flexibility index (Phi) is 6.59. The number of carbonyl (C=O) groups excluding carboxylic acids is 2. The van der Waals surface area contributed by atoms with Gasteiger partial charge in [0, 0.05) is 22.2 Å². The maximum Gasteiger partial charge on any atom is 0.277 e. The topological polar surface area (TPSA) is 67.2 Å². The Morgan fingerprint density at radius 3 is 2.30 bits per heavy atom. The summed E-state index contributed by atoms with van der Waals surface area (Å²) in [5, 5.41) is 8.62. The number of rotatable bonds is 3. The molecule has 2 aromatic rings. The van der Waals surface area contributed by atoms with E-state index >= 15 is 0 Å². The van der Waals surface area contributed by atoms with Crippen LogP contribution in [0, 0.1) is 0 Å². The molecule has 1 aliphatic carbocycles. The number of anilines is 1. The smallest absolute Gasteiger partial charge is 0.277 e.